The Balaban J connectivity index is 2.67. The lowest BCUT2D eigenvalue weighted by Gasteiger charge is -2.26. The highest BCUT2D eigenvalue weighted by molar-refractivity contribution is 5.54. The van der Waals surface area contributed by atoms with Crippen LogP contribution in [0.4, 0.5) is 15.8 Å². The zero-order valence-corrected chi connectivity index (χ0v) is 9.76. The largest absolute Gasteiger partial charge is 0.399 e. The van der Waals surface area contributed by atoms with Gasteiger partial charge in [0.2, 0.25) is 0 Å². The number of benzene rings is 1. The molecule has 1 aromatic carbocycles. The van der Waals surface area contributed by atoms with Crippen molar-refractivity contribution in [2.45, 2.75) is 32.3 Å². The van der Waals surface area contributed by atoms with Gasteiger partial charge in [-0.2, -0.15) is 0 Å². The fourth-order valence-corrected chi connectivity index (χ4v) is 1.48. The predicted molar refractivity (Wildman–Crippen MR) is 64.8 cm³/mol. The Kier molecular flexibility index (Phi) is 4.12. The van der Waals surface area contributed by atoms with Crippen LogP contribution in [0, 0.1) is 5.82 Å². The third-order valence-corrected chi connectivity index (χ3v) is 2.86. The van der Waals surface area contributed by atoms with Gasteiger partial charge < -0.3 is 16.2 Å². The molecule has 0 unspecified atom stereocenters. The van der Waals surface area contributed by atoms with Crippen LogP contribution in [0.2, 0.25) is 0 Å². The molecule has 0 fully saturated rings. The standard InChI is InChI=1S/C12H19FN2O/c1-3-12(16,4-2)8-15-11-6-9(13)5-10(14)7-11/h5-7,15-16H,3-4,8,14H2,1-2H3. The molecular weight excluding hydrogens is 207 g/mol. The van der Waals surface area contributed by atoms with E-state index in [1.807, 2.05) is 13.8 Å². The molecule has 0 amide bonds. The van der Waals surface area contributed by atoms with Crippen LogP contribution < -0.4 is 11.1 Å². The second-order valence-corrected chi connectivity index (χ2v) is 4.06. The molecule has 90 valence electrons. The van der Waals surface area contributed by atoms with Gasteiger partial charge in [-0.25, -0.2) is 4.39 Å². The number of rotatable bonds is 5. The van der Waals surface area contributed by atoms with Gasteiger partial charge in [-0.1, -0.05) is 13.8 Å². The molecule has 0 aliphatic carbocycles. The molecule has 0 saturated carbocycles. The van der Waals surface area contributed by atoms with Crippen LogP contribution in [0.5, 0.6) is 0 Å². The van der Waals surface area contributed by atoms with Crippen molar-refractivity contribution in [3.8, 4) is 0 Å². The summed E-state index contributed by atoms with van der Waals surface area (Å²) < 4.78 is 13.0. The molecule has 0 atom stereocenters. The second-order valence-electron chi connectivity index (χ2n) is 4.06. The highest BCUT2D eigenvalue weighted by Crippen LogP contribution is 2.19. The number of anilines is 2. The normalized spacial score (nSPS) is 11.5. The number of hydrogen-bond donors (Lipinski definition) is 3. The van der Waals surface area contributed by atoms with Crippen molar-refractivity contribution in [3.05, 3.63) is 24.0 Å². The Bertz CT molecular complexity index is 331. The summed E-state index contributed by atoms with van der Waals surface area (Å²) in [6.45, 7) is 4.24. The fraction of sp³-hybridized carbons (Fsp3) is 0.500. The zero-order chi connectivity index (χ0) is 12.2. The van der Waals surface area contributed by atoms with Gasteiger partial charge in [0.05, 0.1) is 5.60 Å². The number of halogens is 1. The van der Waals surface area contributed by atoms with E-state index in [9.17, 15) is 9.50 Å². The first-order chi connectivity index (χ1) is 7.49. The molecule has 1 aromatic rings. The summed E-state index contributed by atoms with van der Waals surface area (Å²) in [5, 5.41) is 13.0. The van der Waals surface area contributed by atoms with Crippen molar-refractivity contribution in [2.75, 3.05) is 17.6 Å². The highest BCUT2D eigenvalue weighted by atomic mass is 19.1. The first kappa shape index (κ1) is 12.8. The Morgan fingerprint density at radius 1 is 1.31 bits per heavy atom. The lowest BCUT2D eigenvalue weighted by Crippen LogP contribution is -2.35. The Morgan fingerprint density at radius 2 is 1.94 bits per heavy atom. The van der Waals surface area contributed by atoms with Crippen molar-refractivity contribution in [1.82, 2.24) is 0 Å². The van der Waals surface area contributed by atoms with Crippen LogP contribution in [-0.2, 0) is 0 Å². The summed E-state index contributed by atoms with van der Waals surface area (Å²) in [7, 11) is 0. The Morgan fingerprint density at radius 3 is 2.44 bits per heavy atom. The van der Waals surface area contributed by atoms with E-state index in [0.717, 1.165) is 0 Å². The maximum atomic E-state index is 13.0. The van der Waals surface area contributed by atoms with E-state index >= 15 is 0 Å². The predicted octanol–water partition coefficient (Wildman–Crippen LogP) is 2.37. The number of hydrogen-bond acceptors (Lipinski definition) is 3. The molecule has 0 aliphatic heterocycles. The first-order valence-electron chi connectivity index (χ1n) is 5.51. The quantitative estimate of drug-likeness (QED) is 0.675. The van der Waals surface area contributed by atoms with E-state index < -0.39 is 5.60 Å². The molecule has 0 spiro atoms. The monoisotopic (exact) mass is 226 g/mol. The van der Waals surface area contributed by atoms with Crippen LogP contribution >= 0.6 is 0 Å². The molecule has 0 saturated heterocycles. The molecule has 1 rings (SSSR count). The van der Waals surface area contributed by atoms with Crippen LogP contribution in [0.1, 0.15) is 26.7 Å². The summed E-state index contributed by atoms with van der Waals surface area (Å²) in [6.07, 6.45) is 1.31. The molecule has 0 heterocycles. The number of aliphatic hydroxyl groups is 1. The van der Waals surface area contributed by atoms with Crippen molar-refractivity contribution < 1.29 is 9.50 Å². The van der Waals surface area contributed by atoms with Gasteiger partial charge in [-0.15, -0.1) is 0 Å². The zero-order valence-electron chi connectivity index (χ0n) is 9.76. The van der Waals surface area contributed by atoms with Crippen molar-refractivity contribution in [1.29, 1.82) is 0 Å². The molecule has 0 radical (unpaired) electrons. The minimum absolute atomic E-state index is 0.374. The van der Waals surface area contributed by atoms with Gasteiger partial charge in [0, 0.05) is 17.9 Å². The summed E-state index contributed by atoms with van der Waals surface area (Å²) in [4.78, 5) is 0. The van der Waals surface area contributed by atoms with Crippen LogP contribution in [0.15, 0.2) is 18.2 Å². The molecule has 4 N–H and O–H groups in total. The van der Waals surface area contributed by atoms with E-state index in [-0.39, 0.29) is 5.82 Å². The minimum atomic E-state index is -0.749. The highest BCUT2D eigenvalue weighted by Gasteiger charge is 2.21. The Hall–Kier alpha value is -1.29. The number of nitrogen functional groups attached to an aromatic ring is 1. The third kappa shape index (κ3) is 3.38. The first-order valence-corrected chi connectivity index (χ1v) is 5.51. The average Bonchev–Trinajstić information content (AvgIpc) is 2.25. The smallest absolute Gasteiger partial charge is 0.127 e. The summed E-state index contributed by atoms with van der Waals surface area (Å²) >= 11 is 0. The lowest BCUT2D eigenvalue weighted by atomic mass is 9.97. The van der Waals surface area contributed by atoms with Crippen LogP contribution in [0.25, 0.3) is 0 Å². The summed E-state index contributed by atoms with van der Waals surface area (Å²) in [5.41, 5.74) is 5.74. The summed E-state index contributed by atoms with van der Waals surface area (Å²) in [5.74, 6) is -0.376. The Labute approximate surface area is 95.5 Å². The molecule has 0 aliphatic rings. The van der Waals surface area contributed by atoms with Crippen LogP contribution in [0.3, 0.4) is 0 Å². The van der Waals surface area contributed by atoms with E-state index in [1.165, 1.54) is 12.1 Å². The lowest BCUT2D eigenvalue weighted by molar-refractivity contribution is 0.0457. The molecular formula is C12H19FN2O. The average molecular weight is 226 g/mol. The van der Waals surface area contributed by atoms with E-state index in [0.29, 0.717) is 30.8 Å². The van der Waals surface area contributed by atoms with Crippen molar-refractivity contribution in [2.24, 2.45) is 0 Å². The van der Waals surface area contributed by atoms with Gasteiger partial charge in [0.15, 0.2) is 0 Å². The molecule has 16 heavy (non-hydrogen) atoms. The van der Waals surface area contributed by atoms with Crippen molar-refractivity contribution >= 4 is 11.4 Å². The molecule has 0 bridgehead atoms. The number of nitrogens with one attached hydrogen (secondary N) is 1. The van der Waals surface area contributed by atoms with Gasteiger partial charge in [0.1, 0.15) is 5.82 Å². The van der Waals surface area contributed by atoms with Crippen molar-refractivity contribution in [3.63, 3.8) is 0 Å². The SMILES string of the molecule is CCC(O)(CC)CNc1cc(N)cc(F)c1. The maximum Gasteiger partial charge on any atom is 0.127 e. The van der Waals surface area contributed by atoms with E-state index in [1.54, 1.807) is 6.07 Å². The molecule has 4 heteroatoms. The van der Waals surface area contributed by atoms with Gasteiger partial charge >= 0.3 is 0 Å². The maximum absolute atomic E-state index is 13.0. The third-order valence-electron chi connectivity index (χ3n) is 2.86. The van der Waals surface area contributed by atoms with Crippen LogP contribution in [-0.4, -0.2) is 17.3 Å². The summed E-state index contributed by atoms with van der Waals surface area (Å²) in [6, 6.07) is 4.27. The van der Waals surface area contributed by atoms with Gasteiger partial charge in [-0.05, 0) is 31.0 Å². The minimum Gasteiger partial charge on any atom is -0.399 e. The van der Waals surface area contributed by atoms with Gasteiger partial charge in [0.25, 0.3) is 0 Å². The van der Waals surface area contributed by atoms with Gasteiger partial charge in [-0.3, -0.25) is 0 Å². The number of nitrogens with two attached hydrogens (primary N) is 1. The fourth-order valence-electron chi connectivity index (χ4n) is 1.48. The second kappa shape index (κ2) is 5.16. The molecule has 0 aromatic heterocycles. The van der Waals surface area contributed by atoms with E-state index in [2.05, 4.69) is 5.32 Å². The van der Waals surface area contributed by atoms with E-state index in [4.69, 9.17) is 5.73 Å². The topological polar surface area (TPSA) is 58.3 Å². The molecule has 3 nitrogen and oxygen atoms in total.